The number of carbonyl (C=O) groups is 4. The number of rotatable bonds is 18. The molecular formula is C22H44N6O6. The van der Waals surface area contributed by atoms with Crippen molar-refractivity contribution in [3.8, 4) is 0 Å². The maximum absolute atomic E-state index is 13.0. The molecular weight excluding hydrogens is 444 g/mol. The number of carboxylic acids is 1. The smallest absolute Gasteiger partial charge is 0.326 e. The van der Waals surface area contributed by atoms with E-state index in [2.05, 4.69) is 16.0 Å². The molecule has 0 rings (SSSR count). The number of hydrogen-bond acceptors (Lipinski definition) is 8. The minimum atomic E-state index is -1.22. The Balaban J connectivity index is 5.45. The summed E-state index contributed by atoms with van der Waals surface area (Å²) in [6, 6.07) is -4.31. The molecule has 0 saturated heterocycles. The van der Waals surface area contributed by atoms with Crippen molar-refractivity contribution >= 4 is 23.7 Å². The lowest BCUT2D eigenvalue weighted by Crippen LogP contribution is -2.58. The van der Waals surface area contributed by atoms with Crippen LogP contribution in [0.3, 0.4) is 0 Å². The number of nitrogens with two attached hydrogens (primary N) is 3. The summed E-state index contributed by atoms with van der Waals surface area (Å²) in [5, 5.41) is 26.7. The van der Waals surface area contributed by atoms with Crippen molar-refractivity contribution in [3.05, 3.63) is 0 Å². The molecule has 198 valence electrons. The fraction of sp³-hybridized carbons (Fsp3) is 0.818. The van der Waals surface area contributed by atoms with Crippen LogP contribution in [0.2, 0.25) is 0 Å². The zero-order chi connectivity index (χ0) is 26.3. The first kappa shape index (κ1) is 31.7. The van der Waals surface area contributed by atoms with E-state index in [0.717, 1.165) is 0 Å². The van der Waals surface area contributed by atoms with Gasteiger partial charge < -0.3 is 43.4 Å². The predicted molar refractivity (Wildman–Crippen MR) is 128 cm³/mol. The van der Waals surface area contributed by atoms with Gasteiger partial charge in [-0.1, -0.05) is 13.8 Å². The van der Waals surface area contributed by atoms with Crippen molar-refractivity contribution in [1.82, 2.24) is 16.0 Å². The van der Waals surface area contributed by atoms with E-state index in [4.69, 9.17) is 17.2 Å². The van der Waals surface area contributed by atoms with Gasteiger partial charge in [-0.15, -0.1) is 0 Å². The summed E-state index contributed by atoms with van der Waals surface area (Å²) in [6.07, 6.45) is 1.97. The third kappa shape index (κ3) is 12.8. The van der Waals surface area contributed by atoms with Crippen molar-refractivity contribution in [2.24, 2.45) is 23.1 Å². The van der Waals surface area contributed by atoms with Gasteiger partial charge >= 0.3 is 5.97 Å². The van der Waals surface area contributed by atoms with Crippen LogP contribution >= 0.6 is 0 Å². The number of unbranched alkanes of at least 4 members (excludes halogenated alkanes) is 2. The fourth-order valence-electron chi connectivity index (χ4n) is 3.25. The minimum Gasteiger partial charge on any atom is -0.480 e. The SMILES string of the molecule is CC(C)C[C@H](NC(=O)[C@H](CCCCN)NC(=O)[C@@H](N)[C@@H](C)O)C(=O)N[C@@H](CCCCN)C(=O)O. The van der Waals surface area contributed by atoms with Crippen LogP contribution in [0.25, 0.3) is 0 Å². The number of hydrogen-bond donors (Lipinski definition) is 8. The van der Waals surface area contributed by atoms with Crippen LogP contribution in [0.1, 0.15) is 65.7 Å². The van der Waals surface area contributed by atoms with Gasteiger partial charge in [-0.3, -0.25) is 14.4 Å². The molecule has 0 aliphatic heterocycles. The van der Waals surface area contributed by atoms with E-state index in [0.29, 0.717) is 38.8 Å². The average Bonchev–Trinajstić information content (AvgIpc) is 2.76. The lowest BCUT2D eigenvalue weighted by molar-refractivity contribution is -0.142. The number of aliphatic hydroxyl groups is 1. The summed E-state index contributed by atoms with van der Waals surface area (Å²) < 4.78 is 0. The van der Waals surface area contributed by atoms with Gasteiger partial charge in [0.15, 0.2) is 0 Å². The predicted octanol–water partition coefficient (Wildman–Crippen LogP) is -1.46. The van der Waals surface area contributed by atoms with E-state index in [1.165, 1.54) is 6.92 Å². The highest BCUT2D eigenvalue weighted by Crippen LogP contribution is 2.09. The molecule has 0 unspecified atom stereocenters. The van der Waals surface area contributed by atoms with Gasteiger partial charge in [0.25, 0.3) is 0 Å². The molecule has 0 aliphatic carbocycles. The van der Waals surface area contributed by atoms with Gasteiger partial charge in [0, 0.05) is 0 Å². The van der Waals surface area contributed by atoms with Crippen molar-refractivity contribution in [1.29, 1.82) is 0 Å². The van der Waals surface area contributed by atoms with Crippen LogP contribution in [-0.4, -0.2) is 77.3 Å². The van der Waals surface area contributed by atoms with Crippen LogP contribution in [0.4, 0.5) is 0 Å². The molecule has 0 radical (unpaired) electrons. The number of aliphatic hydroxyl groups excluding tert-OH is 1. The Kier molecular flexibility index (Phi) is 16.0. The topological polar surface area (TPSA) is 223 Å². The highest BCUT2D eigenvalue weighted by molar-refractivity contribution is 5.94. The lowest BCUT2D eigenvalue weighted by atomic mass is 10.0. The standard InChI is InChI=1S/C22H44N6O6/c1-13(2)12-17(20(31)27-16(22(33)34)9-5-7-11-24)28-19(30)15(8-4-6-10-23)26-21(32)18(25)14(3)29/h13-18,29H,4-12,23-25H2,1-3H3,(H,26,32)(H,27,31)(H,28,30)(H,33,34)/t14-,15+,16+,17+,18+/m1/s1. The largest absolute Gasteiger partial charge is 0.480 e. The van der Waals surface area contributed by atoms with E-state index >= 15 is 0 Å². The first-order chi connectivity index (χ1) is 15.9. The Hall–Kier alpha value is -2.28. The van der Waals surface area contributed by atoms with Crippen molar-refractivity contribution in [3.63, 3.8) is 0 Å². The molecule has 0 spiro atoms. The molecule has 0 saturated carbocycles. The van der Waals surface area contributed by atoms with E-state index in [9.17, 15) is 29.4 Å². The van der Waals surface area contributed by atoms with Crippen LogP contribution < -0.4 is 33.2 Å². The third-order valence-electron chi connectivity index (χ3n) is 5.30. The highest BCUT2D eigenvalue weighted by atomic mass is 16.4. The van der Waals surface area contributed by atoms with E-state index in [1.54, 1.807) is 0 Å². The van der Waals surface area contributed by atoms with Gasteiger partial charge in [-0.2, -0.15) is 0 Å². The van der Waals surface area contributed by atoms with Gasteiger partial charge in [0.1, 0.15) is 24.2 Å². The molecule has 0 aromatic carbocycles. The molecule has 0 bridgehead atoms. The van der Waals surface area contributed by atoms with Crippen LogP contribution in [0, 0.1) is 5.92 Å². The molecule has 0 fully saturated rings. The number of nitrogens with one attached hydrogen (secondary N) is 3. The van der Waals surface area contributed by atoms with Gasteiger partial charge in [0.05, 0.1) is 6.10 Å². The van der Waals surface area contributed by atoms with E-state index < -0.39 is 54.0 Å². The third-order valence-corrected chi connectivity index (χ3v) is 5.30. The Bertz CT molecular complexity index is 645. The summed E-state index contributed by atoms with van der Waals surface area (Å²) >= 11 is 0. The second-order valence-electron chi connectivity index (χ2n) is 8.99. The van der Waals surface area contributed by atoms with Crippen molar-refractivity contribution < 1.29 is 29.4 Å². The summed E-state index contributed by atoms with van der Waals surface area (Å²) in [7, 11) is 0. The molecule has 0 heterocycles. The summed E-state index contributed by atoms with van der Waals surface area (Å²) in [5.41, 5.74) is 16.6. The molecule has 11 N–H and O–H groups in total. The van der Waals surface area contributed by atoms with E-state index in [-0.39, 0.29) is 25.2 Å². The number of amides is 3. The molecule has 5 atom stereocenters. The maximum Gasteiger partial charge on any atom is 0.326 e. The number of carbonyl (C=O) groups excluding carboxylic acids is 3. The van der Waals surface area contributed by atoms with Gasteiger partial charge in [-0.25, -0.2) is 4.79 Å². The van der Waals surface area contributed by atoms with Gasteiger partial charge in [0.2, 0.25) is 17.7 Å². The molecule has 0 aliphatic rings. The zero-order valence-electron chi connectivity index (χ0n) is 20.6. The fourth-order valence-corrected chi connectivity index (χ4v) is 3.25. The first-order valence-corrected chi connectivity index (χ1v) is 11.9. The minimum absolute atomic E-state index is 0.0190. The van der Waals surface area contributed by atoms with Crippen LogP contribution in [0.5, 0.6) is 0 Å². The molecule has 12 heteroatoms. The molecule has 34 heavy (non-hydrogen) atoms. The van der Waals surface area contributed by atoms with Crippen molar-refractivity contribution in [2.45, 2.75) is 96.0 Å². The van der Waals surface area contributed by atoms with Crippen molar-refractivity contribution in [2.75, 3.05) is 13.1 Å². The second kappa shape index (κ2) is 17.2. The Morgan fingerprint density at radius 2 is 1.18 bits per heavy atom. The Morgan fingerprint density at radius 1 is 0.735 bits per heavy atom. The molecule has 0 aromatic rings. The monoisotopic (exact) mass is 488 g/mol. The normalized spacial score (nSPS) is 15.6. The Labute approximate surface area is 201 Å². The summed E-state index contributed by atoms with van der Waals surface area (Å²) in [4.78, 5) is 49.8. The summed E-state index contributed by atoms with van der Waals surface area (Å²) in [6.45, 7) is 5.93. The zero-order valence-corrected chi connectivity index (χ0v) is 20.6. The lowest BCUT2D eigenvalue weighted by Gasteiger charge is -2.26. The van der Waals surface area contributed by atoms with Crippen LogP contribution in [0.15, 0.2) is 0 Å². The highest BCUT2D eigenvalue weighted by Gasteiger charge is 2.31. The number of carboxylic acid groups (broad SMARTS) is 1. The average molecular weight is 489 g/mol. The molecule has 3 amide bonds. The maximum atomic E-state index is 13.0. The quantitative estimate of drug-likeness (QED) is 0.105. The van der Waals surface area contributed by atoms with Gasteiger partial charge in [-0.05, 0) is 70.9 Å². The first-order valence-electron chi connectivity index (χ1n) is 11.9. The van der Waals surface area contributed by atoms with Crippen LogP contribution in [-0.2, 0) is 19.2 Å². The second-order valence-corrected chi connectivity index (χ2v) is 8.99. The Morgan fingerprint density at radius 3 is 1.62 bits per heavy atom. The molecule has 0 aromatic heterocycles. The van der Waals surface area contributed by atoms with E-state index in [1.807, 2.05) is 13.8 Å². The summed E-state index contributed by atoms with van der Waals surface area (Å²) in [5.74, 6) is -3.06. The number of aliphatic carboxylic acids is 1. The molecule has 12 nitrogen and oxygen atoms in total.